The van der Waals surface area contributed by atoms with Crippen molar-refractivity contribution >= 4 is 10.9 Å². The second kappa shape index (κ2) is 2.63. The highest BCUT2D eigenvalue weighted by Gasteiger charge is 2.01. The summed E-state index contributed by atoms with van der Waals surface area (Å²) >= 11 is 0. The third kappa shape index (κ3) is 1.09. The molecule has 0 fully saturated rings. The Morgan fingerprint density at radius 2 is 2.33 bits per heavy atom. The van der Waals surface area contributed by atoms with Crippen LogP contribution < -0.4 is 0 Å². The summed E-state index contributed by atoms with van der Waals surface area (Å²) in [6.07, 6.45) is 2.05. The van der Waals surface area contributed by atoms with Gasteiger partial charge in [-0.15, -0.1) is 0 Å². The Morgan fingerprint density at radius 1 is 1.50 bits per heavy atom. The molecular formula is C10H11N2. The second-order valence-corrected chi connectivity index (χ2v) is 3.19. The molecule has 0 bridgehead atoms. The van der Waals surface area contributed by atoms with Gasteiger partial charge in [-0.2, -0.15) is 5.10 Å². The van der Waals surface area contributed by atoms with E-state index in [1.54, 1.807) is 0 Å². The summed E-state index contributed by atoms with van der Waals surface area (Å²) in [6, 6.07) is 9.29. The predicted octanol–water partition coefficient (Wildman–Crippen LogP) is 2.42. The molecule has 1 aromatic carbocycles. The van der Waals surface area contributed by atoms with Crippen LogP contribution in [-0.2, 0) is 0 Å². The molecule has 0 N–H and O–H groups in total. The molecular weight excluding hydrogens is 148 g/mol. The summed E-state index contributed by atoms with van der Waals surface area (Å²) in [6.45, 7) is 4.24. The fourth-order valence-electron chi connectivity index (χ4n) is 1.19. The molecule has 0 atom stereocenters. The molecule has 0 saturated heterocycles. The molecule has 2 nitrogen and oxygen atoms in total. The van der Waals surface area contributed by atoms with Gasteiger partial charge in [-0.1, -0.05) is 6.07 Å². The van der Waals surface area contributed by atoms with E-state index in [9.17, 15) is 0 Å². The van der Waals surface area contributed by atoms with Gasteiger partial charge in [0.05, 0.1) is 5.52 Å². The summed E-state index contributed by atoms with van der Waals surface area (Å²) in [5, 5.41) is 5.57. The largest absolute Gasteiger partial charge is 0.269 e. The van der Waals surface area contributed by atoms with Crippen molar-refractivity contribution in [3.8, 4) is 0 Å². The van der Waals surface area contributed by atoms with Gasteiger partial charge < -0.3 is 0 Å². The van der Waals surface area contributed by atoms with Crippen LogP contribution >= 0.6 is 0 Å². The lowest BCUT2D eigenvalue weighted by molar-refractivity contribution is 0.537. The number of hydrogen-bond acceptors (Lipinski definition) is 1. The number of aromatic nitrogens is 2. The average molecular weight is 159 g/mol. The Balaban J connectivity index is 2.62. The van der Waals surface area contributed by atoms with E-state index in [1.165, 1.54) is 0 Å². The third-order valence-corrected chi connectivity index (χ3v) is 1.90. The molecule has 0 aliphatic carbocycles. The summed E-state index contributed by atoms with van der Waals surface area (Å²) in [7, 11) is 0. The van der Waals surface area contributed by atoms with Crippen LogP contribution in [0.25, 0.3) is 10.9 Å². The molecule has 0 aliphatic rings. The first-order chi connectivity index (χ1) is 5.77. The average Bonchev–Trinajstić information content (AvgIpc) is 2.46. The molecule has 1 heterocycles. The molecule has 12 heavy (non-hydrogen) atoms. The highest BCUT2D eigenvalue weighted by molar-refractivity contribution is 5.77. The number of rotatable bonds is 1. The van der Waals surface area contributed by atoms with E-state index < -0.39 is 0 Å². The van der Waals surface area contributed by atoms with Gasteiger partial charge in [-0.3, -0.25) is 4.68 Å². The second-order valence-electron chi connectivity index (χ2n) is 3.19. The van der Waals surface area contributed by atoms with Crippen LogP contribution in [0.4, 0.5) is 0 Å². The summed E-state index contributed by atoms with van der Waals surface area (Å²) in [5.74, 6) is 0. The van der Waals surface area contributed by atoms with Gasteiger partial charge in [-0.05, 0) is 32.0 Å². The first-order valence-corrected chi connectivity index (χ1v) is 4.12. The zero-order valence-corrected chi connectivity index (χ0v) is 7.28. The Hall–Kier alpha value is -1.31. The number of nitrogens with zero attached hydrogens (tertiary/aromatic N) is 2. The lowest BCUT2D eigenvalue weighted by atomic mass is 10.3. The van der Waals surface area contributed by atoms with Crippen molar-refractivity contribution in [3.63, 3.8) is 0 Å². The quantitative estimate of drug-likeness (QED) is 0.624. The number of fused-ring (bicyclic) bond motifs is 1. The molecule has 2 aromatic rings. The minimum absolute atomic E-state index is 0.428. The molecule has 1 aromatic heterocycles. The van der Waals surface area contributed by atoms with Crippen molar-refractivity contribution in [1.29, 1.82) is 0 Å². The minimum Gasteiger partial charge on any atom is -0.269 e. The molecule has 0 amide bonds. The smallest absolute Gasteiger partial charge is 0.0923 e. The van der Waals surface area contributed by atoms with Crippen LogP contribution in [0.3, 0.4) is 0 Å². The molecule has 0 spiro atoms. The van der Waals surface area contributed by atoms with Gasteiger partial charge in [0.1, 0.15) is 0 Å². The van der Waals surface area contributed by atoms with Gasteiger partial charge in [0.25, 0.3) is 0 Å². The SMILES string of the molecule is CC(C)n1cc2c[c]ccc2n1. The minimum atomic E-state index is 0.428. The van der Waals surface area contributed by atoms with Gasteiger partial charge in [0.2, 0.25) is 0 Å². The fourth-order valence-corrected chi connectivity index (χ4v) is 1.19. The molecule has 0 unspecified atom stereocenters. The van der Waals surface area contributed by atoms with Crippen LogP contribution in [0.2, 0.25) is 0 Å². The van der Waals surface area contributed by atoms with Crippen LogP contribution in [0, 0.1) is 6.07 Å². The van der Waals surface area contributed by atoms with E-state index in [4.69, 9.17) is 0 Å². The van der Waals surface area contributed by atoms with Crippen molar-refractivity contribution in [1.82, 2.24) is 9.78 Å². The van der Waals surface area contributed by atoms with Crippen molar-refractivity contribution in [3.05, 3.63) is 30.5 Å². The molecule has 1 radical (unpaired) electrons. The first kappa shape index (κ1) is 7.35. The molecule has 2 heteroatoms. The molecule has 0 aliphatic heterocycles. The topological polar surface area (TPSA) is 17.8 Å². The number of hydrogen-bond donors (Lipinski definition) is 0. The van der Waals surface area contributed by atoms with Crippen LogP contribution in [0.5, 0.6) is 0 Å². The van der Waals surface area contributed by atoms with E-state index in [2.05, 4.69) is 31.2 Å². The van der Waals surface area contributed by atoms with Crippen LogP contribution in [-0.4, -0.2) is 9.78 Å². The van der Waals surface area contributed by atoms with Gasteiger partial charge in [0, 0.05) is 17.6 Å². The van der Waals surface area contributed by atoms with E-state index in [0.29, 0.717) is 6.04 Å². The third-order valence-electron chi connectivity index (χ3n) is 1.90. The van der Waals surface area contributed by atoms with E-state index in [1.807, 2.05) is 22.9 Å². The molecule has 0 saturated carbocycles. The Labute approximate surface area is 71.8 Å². The van der Waals surface area contributed by atoms with Crippen molar-refractivity contribution < 1.29 is 0 Å². The summed E-state index contributed by atoms with van der Waals surface area (Å²) < 4.78 is 1.97. The van der Waals surface area contributed by atoms with Crippen molar-refractivity contribution in [2.24, 2.45) is 0 Å². The maximum absolute atomic E-state index is 4.41. The first-order valence-electron chi connectivity index (χ1n) is 4.12. The van der Waals surface area contributed by atoms with E-state index in [0.717, 1.165) is 10.9 Å². The predicted molar refractivity (Wildman–Crippen MR) is 49.0 cm³/mol. The Kier molecular flexibility index (Phi) is 1.61. The van der Waals surface area contributed by atoms with Gasteiger partial charge in [-0.25, -0.2) is 0 Å². The highest BCUT2D eigenvalue weighted by atomic mass is 15.3. The summed E-state index contributed by atoms with van der Waals surface area (Å²) in [5.41, 5.74) is 1.04. The van der Waals surface area contributed by atoms with Crippen LogP contribution in [0.15, 0.2) is 24.4 Å². The number of benzene rings is 1. The van der Waals surface area contributed by atoms with E-state index in [-0.39, 0.29) is 0 Å². The zero-order chi connectivity index (χ0) is 8.55. The Bertz CT molecular complexity index is 354. The van der Waals surface area contributed by atoms with Crippen LogP contribution in [0.1, 0.15) is 19.9 Å². The standard InChI is InChI=1S/C10H11N2/c1-8(2)12-7-9-5-3-4-6-10(9)11-12/h4-8H,1-2H3. The molecule has 61 valence electrons. The zero-order valence-electron chi connectivity index (χ0n) is 7.28. The van der Waals surface area contributed by atoms with E-state index >= 15 is 0 Å². The maximum Gasteiger partial charge on any atom is 0.0923 e. The lowest BCUT2D eigenvalue weighted by Crippen LogP contribution is -1.99. The van der Waals surface area contributed by atoms with Crippen molar-refractivity contribution in [2.75, 3.05) is 0 Å². The lowest BCUT2D eigenvalue weighted by Gasteiger charge is -2.02. The summed E-state index contributed by atoms with van der Waals surface area (Å²) in [4.78, 5) is 0. The monoisotopic (exact) mass is 159 g/mol. The molecule has 2 rings (SSSR count). The fraction of sp³-hybridized carbons (Fsp3) is 0.300. The van der Waals surface area contributed by atoms with Gasteiger partial charge >= 0.3 is 0 Å². The van der Waals surface area contributed by atoms with Gasteiger partial charge in [0.15, 0.2) is 0 Å². The highest BCUT2D eigenvalue weighted by Crippen LogP contribution is 2.13. The maximum atomic E-state index is 4.41. The van der Waals surface area contributed by atoms with Crippen molar-refractivity contribution in [2.45, 2.75) is 19.9 Å². The normalized spacial score (nSPS) is 11.2. The Morgan fingerprint density at radius 3 is 3.00 bits per heavy atom.